The van der Waals surface area contributed by atoms with Crippen molar-refractivity contribution in [3.63, 3.8) is 0 Å². The van der Waals surface area contributed by atoms with Gasteiger partial charge in [0.1, 0.15) is 17.1 Å². The van der Waals surface area contributed by atoms with Crippen molar-refractivity contribution in [3.05, 3.63) is 41.6 Å². The maximum absolute atomic E-state index is 14.2. The first-order valence-corrected chi connectivity index (χ1v) is 7.94. The number of carbonyl (C=O) groups is 2. The van der Waals surface area contributed by atoms with Crippen LogP contribution in [0.3, 0.4) is 0 Å². The lowest BCUT2D eigenvalue weighted by Crippen LogP contribution is -2.34. The second-order valence-electron chi connectivity index (χ2n) is 5.73. The molecule has 1 aliphatic carbocycles. The zero-order valence-electron chi connectivity index (χ0n) is 13.8. The molecule has 0 N–H and O–H groups in total. The van der Waals surface area contributed by atoms with Crippen LogP contribution in [0.5, 0.6) is 0 Å². The fourth-order valence-corrected chi connectivity index (χ4v) is 2.67. The quantitative estimate of drug-likeness (QED) is 0.779. The van der Waals surface area contributed by atoms with Crippen LogP contribution in [-0.2, 0) is 9.53 Å². The summed E-state index contributed by atoms with van der Waals surface area (Å²) in [5.74, 6) is -2.39. The molecule has 0 atom stereocenters. The minimum atomic E-state index is -0.848. The Balaban J connectivity index is 2.18. The molecule has 0 bridgehead atoms. The summed E-state index contributed by atoms with van der Waals surface area (Å²) in [7, 11) is 0. The molecular weight excluding hydrogens is 332 g/mol. The van der Waals surface area contributed by atoms with Crippen molar-refractivity contribution in [2.24, 2.45) is 0 Å². The Morgan fingerprint density at radius 3 is 2.64 bits per heavy atom. The van der Waals surface area contributed by atoms with Gasteiger partial charge < -0.3 is 4.74 Å². The van der Waals surface area contributed by atoms with Crippen molar-refractivity contribution >= 4 is 17.7 Å². The highest BCUT2D eigenvalue weighted by Gasteiger charge is 2.37. The standard InChI is InChI=1S/C17H17F2N3O3/c1-3-25-17(24)13-9-20-22(15-7-4-11(18)8-14(15)19)16(13)21(10(2)23)12-5-6-12/h4,7-9,12H,3,5-6H2,1-2H3. The van der Waals surface area contributed by atoms with Crippen LogP contribution < -0.4 is 4.90 Å². The summed E-state index contributed by atoms with van der Waals surface area (Å²) in [6, 6.07) is 2.94. The van der Waals surface area contributed by atoms with Gasteiger partial charge in [-0.3, -0.25) is 9.69 Å². The van der Waals surface area contributed by atoms with Gasteiger partial charge in [-0.2, -0.15) is 5.10 Å². The molecule has 0 saturated heterocycles. The van der Waals surface area contributed by atoms with Gasteiger partial charge in [0.25, 0.3) is 0 Å². The predicted molar refractivity (Wildman–Crippen MR) is 85.6 cm³/mol. The minimum absolute atomic E-state index is 0.0566. The Morgan fingerprint density at radius 2 is 2.08 bits per heavy atom. The summed E-state index contributed by atoms with van der Waals surface area (Å²) in [6.07, 6.45) is 2.78. The fraction of sp³-hybridized carbons (Fsp3) is 0.353. The van der Waals surface area contributed by atoms with Gasteiger partial charge in [-0.1, -0.05) is 0 Å². The van der Waals surface area contributed by atoms with Crippen molar-refractivity contribution in [1.82, 2.24) is 9.78 Å². The molecule has 1 amide bonds. The molecule has 6 nitrogen and oxygen atoms in total. The number of aromatic nitrogens is 2. The number of anilines is 1. The summed E-state index contributed by atoms with van der Waals surface area (Å²) in [5.41, 5.74) is 0.00604. The van der Waals surface area contributed by atoms with Gasteiger partial charge in [0, 0.05) is 19.0 Å². The van der Waals surface area contributed by atoms with Crippen LogP contribution in [0.15, 0.2) is 24.4 Å². The lowest BCUT2D eigenvalue weighted by atomic mass is 10.2. The van der Waals surface area contributed by atoms with Crippen LogP contribution in [0.4, 0.5) is 14.6 Å². The number of halogens is 2. The molecule has 0 radical (unpaired) electrons. The van der Waals surface area contributed by atoms with Crippen molar-refractivity contribution < 1.29 is 23.1 Å². The summed E-state index contributed by atoms with van der Waals surface area (Å²) >= 11 is 0. The molecule has 1 aromatic heterocycles. The van der Waals surface area contributed by atoms with Crippen LogP contribution in [0.25, 0.3) is 5.69 Å². The highest BCUT2D eigenvalue weighted by atomic mass is 19.1. The zero-order chi connectivity index (χ0) is 18.1. The first-order chi connectivity index (χ1) is 11.9. The predicted octanol–water partition coefficient (Wildman–Crippen LogP) is 2.84. The molecule has 8 heteroatoms. The van der Waals surface area contributed by atoms with Crippen molar-refractivity contribution in [3.8, 4) is 5.69 Å². The van der Waals surface area contributed by atoms with Gasteiger partial charge in [-0.05, 0) is 31.9 Å². The van der Waals surface area contributed by atoms with Crippen LogP contribution in [0.1, 0.15) is 37.0 Å². The molecule has 3 rings (SSSR count). The zero-order valence-corrected chi connectivity index (χ0v) is 13.8. The smallest absolute Gasteiger partial charge is 0.343 e. The third-order valence-electron chi connectivity index (χ3n) is 3.86. The molecule has 0 unspecified atom stereocenters. The van der Waals surface area contributed by atoms with Gasteiger partial charge in [0.2, 0.25) is 5.91 Å². The molecule has 1 fully saturated rings. The second-order valence-corrected chi connectivity index (χ2v) is 5.73. The lowest BCUT2D eigenvalue weighted by molar-refractivity contribution is -0.116. The summed E-state index contributed by atoms with van der Waals surface area (Å²) in [5, 5.41) is 4.05. The van der Waals surface area contributed by atoms with Crippen molar-refractivity contribution in [1.29, 1.82) is 0 Å². The number of amides is 1. The van der Waals surface area contributed by atoms with Gasteiger partial charge in [0.05, 0.1) is 12.8 Å². The average molecular weight is 349 g/mol. The van der Waals surface area contributed by atoms with E-state index in [2.05, 4.69) is 5.10 Å². The fourth-order valence-electron chi connectivity index (χ4n) is 2.67. The lowest BCUT2D eigenvalue weighted by Gasteiger charge is -2.23. The largest absolute Gasteiger partial charge is 0.462 e. The monoisotopic (exact) mass is 349 g/mol. The van der Waals surface area contributed by atoms with Crippen molar-refractivity contribution in [2.45, 2.75) is 32.7 Å². The van der Waals surface area contributed by atoms with E-state index in [4.69, 9.17) is 4.74 Å². The van der Waals surface area contributed by atoms with Gasteiger partial charge in [-0.15, -0.1) is 0 Å². The number of hydrogen-bond acceptors (Lipinski definition) is 4. The molecular formula is C17H17F2N3O3. The van der Waals surface area contributed by atoms with E-state index in [1.807, 2.05) is 0 Å². The Labute approximate surface area is 143 Å². The van der Waals surface area contributed by atoms with E-state index in [0.29, 0.717) is 0 Å². The molecule has 1 aromatic carbocycles. The van der Waals surface area contributed by atoms with Gasteiger partial charge in [0.15, 0.2) is 11.6 Å². The summed E-state index contributed by atoms with van der Waals surface area (Å²) < 4.78 is 33.6. The van der Waals surface area contributed by atoms with Crippen molar-refractivity contribution in [2.75, 3.05) is 11.5 Å². The van der Waals surface area contributed by atoms with E-state index in [9.17, 15) is 18.4 Å². The molecule has 1 aliphatic rings. The molecule has 0 spiro atoms. The molecule has 0 aliphatic heterocycles. The molecule has 1 saturated carbocycles. The first-order valence-electron chi connectivity index (χ1n) is 7.94. The number of benzene rings is 1. The maximum Gasteiger partial charge on any atom is 0.343 e. The van der Waals surface area contributed by atoms with E-state index in [0.717, 1.165) is 29.7 Å². The highest BCUT2D eigenvalue weighted by molar-refractivity contribution is 6.01. The third-order valence-corrected chi connectivity index (χ3v) is 3.86. The Hall–Kier alpha value is -2.77. The van der Waals surface area contributed by atoms with Crippen LogP contribution in [0.2, 0.25) is 0 Å². The van der Waals surface area contributed by atoms with Gasteiger partial charge >= 0.3 is 5.97 Å². The molecule has 2 aromatic rings. The maximum atomic E-state index is 14.2. The summed E-state index contributed by atoms with van der Waals surface area (Å²) in [4.78, 5) is 25.8. The third kappa shape index (κ3) is 3.24. The molecule has 1 heterocycles. The number of hydrogen-bond donors (Lipinski definition) is 0. The Kier molecular flexibility index (Phi) is 4.52. The van der Waals surface area contributed by atoms with E-state index < -0.39 is 17.6 Å². The minimum Gasteiger partial charge on any atom is -0.462 e. The number of rotatable bonds is 5. The van der Waals surface area contributed by atoms with E-state index in [1.54, 1.807) is 6.92 Å². The second kappa shape index (κ2) is 6.62. The Morgan fingerprint density at radius 1 is 1.36 bits per heavy atom. The van der Waals surface area contributed by atoms with Crippen LogP contribution >= 0.6 is 0 Å². The van der Waals surface area contributed by atoms with Crippen LogP contribution in [0, 0.1) is 11.6 Å². The summed E-state index contributed by atoms with van der Waals surface area (Å²) in [6.45, 7) is 3.18. The van der Waals surface area contributed by atoms with E-state index in [-0.39, 0.29) is 35.6 Å². The average Bonchev–Trinajstić information content (AvgIpc) is 3.27. The van der Waals surface area contributed by atoms with Gasteiger partial charge in [-0.25, -0.2) is 18.3 Å². The number of nitrogens with zero attached hydrogens (tertiary/aromatic N) is 3. The van der Waals surface area contributed by atoms with E-state index in [1.165, 1.54) is 24.1 Å². The normalized spacial score (nSPS) is 13.6. The number of esters is 1. The highest BCUT2D eigenvalue weighted by Crippen LogP contribution is 2.35. The molecule has 25 heavy (non-hydrogen) atoms. The van der Waals surface area contributed by atoms with Crippen LogP contribution in [-0.4, -0.2) is 34.3 Å². The Bertz CT molecular complexity index is 831. The number of carbonyl (C=O) groups excluding carboxylic acids is 2. The van der Waals surface area contributed by atoms with E-state index >= 15 is 0 Å². The topological polar surface area (TPSA) is 64.4 Å². The molecule has 132 valence electrons. The first kappa shape index (κ1) is 17.1. The SMILES string of the molecule is CCOC(=O)c1cnn(-c2ccc(F)cc2F)c1N(C(C)=O)C1CC1. The number of ether oxygens (including phenoxy) is 1.